The number of amides is 1. The monoisotopic (exact) mass is 354 g/mol. The number of H-pyrrole nitrogens is 1. The summed E-state index contributed by atoms with van der Waals surface area (Å²) >= 11 is 0. The van der Waals surface area contributed by atoms with Crippen molar-refractivity contribution in [1.29, 1.82) is 0 Å². The Hall–Kier alpha value is -2.34. The van der Waals surface area contributed by atoms with Gasteiger partial charge in [-0.1, -0.05) is 32.4 Å². The standard InChI is InChI=1S/C20H26N4O2/c1-12(2)17-11-18(26-24-17)20(25)21-14-7-5-6-13(10-14)19-22-15-8-3-4-9-16(15)23-19/h3-4,8-9,11-14,18,24H,5-7,10H2,1-2H3,(H,21,25)(H,22,23). The minimum Gasteiger partial charge on any atom is -0.351 e. The molecule has 3 unspecified atom stereocenters. The average molecular weight is 354 g/mol. The fraction of sp³-hybridized carbons (Fsp3) is 0.500. The first-order chi connectivity index (χ1) is 12.6. The molecule has 1 aromatic carbocycles. The Bertz CT molecular complexity index is 793. The van der Waals surface area contributed by atoms with Gasteiger partial charge in [-0.05, 0) is 43.4 Å². The van der Waals surface area contributed by atoms with Crippen LogP contribution in [0.2, 0.25) is 0 Å². The number of hydrogen-bond acceptors (Lipinski definition) is 4. The molecule has 1 saturated carbocycles. The molecule has 4 rings (SSSR count). The molecule has 26 heavy (non-hydrogen) atoms. The van der Waals surface area contributed by atoms with Crippen molar-refractivity contribution in [2.75, 3.05) is 0 Å². The summed E-state index contributed by atoms with van der Waals surface area (Å²) in [5.41, 5.74) is 5.91. The molecule has 0 saturated heterocycles. The number of benzene rings is 1. The van der Waals surface area contributed by atoms with Crippen molar-refractivity contribution in [3.63, 3.8) is 0 Å². The first kappa shape index (κ1) is 17.1. The molecule has 2 aliphatic rings. The molecule has 2 aromatic rings. The minimum atomic E-state index is -0.543. The lowest BCUT2D eigenvalue weighted by Crippen LogP contribution is -2.43. The Morgan fingerprint density at radius 3 is 2.92 bits per heavy atom. The van der Waals surface area contributed by atoms with E-state index >= 15 is 0 Å². The van der Waals surface area contributed by atoms with Crippen molar-refractivity contribution in [2.24, 2.45) is 5.92 Å². The Kier molecular flexibility index (Phi) is 4.68. The zero-order valence-electron chi connectivity index (χ0n) is 15.3. The highest BCUT2D eigenvalue weighted by Gasteiger charge is 2.30. The third-order valence-electron chi connectivity index (χ3n) is 5.33. The number of rotatable bonds is 4. The lowest BCUT2D eigenvalue weighted by atomic mass is 9.85. The van der Waals surface area contributed by atoms with Crippen LogP contribution in [0, 0.1) is 5.92 Å². The third kappa shape index (κ3) is 3.46. The second kappa shape index (κ2) is 7.11. The molecule has 1 aliphatic heterocycles. The van der Waals surface area contributed by atoms with E-state index in [2.05, 4.69) is 35.7 Å². The van der Waals surface area contributed by atoms with E-state index in [1.165, 1.54) is 0 Å². The molecule has 1 aliphatic carbocycles. The van der Waals surface area contributed by atoms with Gasteiger partial charge in [-0.15, -0.1) is 0 Å². The molecule has 3 N–H and O–H groups in total. The Morgan fingerprint density at radius 1 is 1.31 bits per heavy atom. The van der Waals surface area contributed by atoms with Crippen LogP contribution < -0.4 is 10.8 Å². The maximum Gasteiger partial charge on any atom is 0.256 e. The predicted molar refractivity (Wildman–Crippen MR) is 100 cm³/mol. The van der Waals surface area contributed by atoms with Crippen LogP contribution in [0.4, 0.5) is 0 Å². The van der Waals surface area contributed by atoms with E-state index in [9.17, 15) is 4.79 Å². The van der Waals surface area contributed by atoms with Crippen molar-refractivity contribution in [2.45, 2.75) is 57.6 Å². The molecule has 0 spiro atoms. The molecule has 0 bridgehead atoms. The summed E-state index contributed by atoms with van der Waals surface area (Å²) < 4.78 is 0. The number of hydroxylamine groups is 1. The molecule has 3 atom stereocenters. The lowest BCUT2D eigenvalue weighted by molar-refractivity contribution is -0.132. The van der Waals surface area contributed by atoms with Gasteiger partial charge in [0.15, 0.2) is 6.10 Å². The van der Waals surface area contributed by atoms with Crippen LogP contribution in [-0.2, 0) is 9.63 Å². The molecule has 1 amide bonds. The average Bonchev–Trinajstić information content (AvgIpc) is 3.29. The molecule has 2 heterocycles. The predicted octanol–water partition coefficient (Wildman–Crippen LogP) is 3.15. The molecule has 138 valence electrons. The van der Waals surface area contributed by atoms with Crippen molar-refractivity contribution in [1.82, 2.24) is 20.8 Å². The van der Waals surface area contributed by atoms with Crippen LogP contribution in [0.25, 0.3) is 11.0 Å². The second-order valence-corrected chi connectivity index (χ2v) is 7.63. The SMILES string of the molecule is CC(C)C1=CC(C(=O)NC2CCCC(c3nc4ccccc4[nH]3)C2)ON1. The summed E-state index contributed by atoms with van der Waals surface area (Å²) in [5.74, 6) is 1.64. The largest absolute Gasteiger partial charge is 0.351 e. The lowest BCUT2D eigenvalue weighted by Gasteiger charge is -2.29. The highest BCUT2D eigenvalue weighted by atomic mass is 16.7. The number of fused-ring (bicyclic) bond motifs is 1. The highest BCUT2D eigenvalue weighted by Crippen LogP contribution is 2.32. The molecule has 0 radical (unpaired) electrons. The summed E-state index contributed by atoms with van der Waals surface area (Å²) in [6.07, 6.45) is 5.43. The van der Waals surface area contributed by atoms with Crippen LogP contribution in [0.1, 0.15) is 51.3 Å². The van der Waals surface area contributed by atoms with Crippen LogP contribution in [-0.4, -0.2) is 28.0 Å². The summed E-state index contributed by atoms with van der Waals surface area (Å²) in [4.78, 5) is 26.1. The summed E-state index contributed by atoms with van der Waals surface area (Å²) in [6.45, 7) is 4.14. The van der Waals surface area contributed by atoms with E-state index in [1.54, 1.807) is 0 Å². The van der Waals surface area contributed by atoms with Crippen molar-refractivity contribution in [3.05, 3.63) is 41.9 Å². The van der Waals surface area contributed by atoms with E-state index in [4.69, 9.17) is 9.82 Å². The normalized spacial score (nSPS) is 26.0. The van der Waals surface area contributed by atoms with Gasteiger partial charge in [-0.25, -0.2) is 4.98 Å². The summed E-state index contributed by atoms with van der Waals surface area (Å²) in [7, 11) is 0. The van der Waals surface area contributed by atoms with Gasteiger partial charge in [-0.3, -0.25) is 15.1 Å². The quantitative estimate of drug-likeness (QED) is 0.788. The highest BCUT2D eigenvalue weighted by molar-refractivity contribution is 5.83. The zero-order valence-corrected chi connectivity index (χ0v) is 15.3. The zero-order chi connectivity index (χ0) is 18.1. The van der Waals surface area contributed by atoms with Crippen molar-refractivity contribution in [3.8, 4) is 0 Å². The number of para-hydroxylation sites is 2. The number of hydrogen-bond donors (Lipinski definition) is 3. The first-order valence-electron chi connectivity index (χ1n) is 9.48. The van der Waals surface area contributed by atoms with Crippen LogP contribution in [0.15, 0.2) is 36.0 Å². The maximum atomic E-state index is 12.5. The van der Waals surface area contributed by atoms with Gasteiger partial charge in [0, 0.05) is 17.7 Å². The smallest absolute Gasteiger partial charge is 0.256 e. The van der Waals surface area contributed by atoms with Gasteiger partial charge in [0.1, 0.15) is 5.82 Å². The van der Waals surface area contributed by atoms with Gasteiger partial charge >= 0.3 is 0 Å². The van der Waals surface area contributed by atoms with E-state index in [0.717, 1.165) is 48.2 Å². The molecule has 6 heteroatoms. The summed E-state index contributed by atoms with van der Waals surface area (Å²) in [5, 5.41) is 3.16. The Balaban J connectivity index is 1.40. The van der Waals surface area contributed by atoms with Crippen molar-refractivity contribution >= 4 is 16.9 Å². The number of nitrogens with one attached hydrogen (secondary N) is 3. The van der Waals surface area contributed by atoms with Crippen LogP contribution in [0.3, 0.4) is 0 Å². The number of imidazole rings is 1. The number of nitrogens with zero attached hydrogens (tertiary/aromatic N) is 1. The summed E-state index contributed by atoms with van der Waals surface area (Å²) in [6, 6.07) is 8.26. The number of aromatic nitrogens is 2. The van der Waals surface area contributed by atoms with Crippen molar-refractivity contribution < 1.29 is 9.63 Å². The number of carbonyl (C=O) groups is 1. The van der Waals surface area contributed by atoms with Crippen LogP contribution >= 0.6 is 0 Å². The van der Waals surface area contributed by atoms with E-state index in [0.29, 0.717) is 11.8 Å². The third-order valence-corrected chi connectivity index (χ3v) is 5.33. The molecule has 1 fully saturated rings. The Morgan fingerprint density at radius 2 is 2.15 bits per heavy atom. The van der Waals surface area contributed by atoms with Gasteiger partial charge in [0.05, 0.1) is 11.0 Å². The van der Waals surface area contributed by atoms with Gasteiger partial charge < -0.3 is 10.3 Å². The maximum absolute atomic E-state index is 12.5. The van der Waals surface area contributed by atoms with Gasteiger partial charge in [0.25, 0.3) is 5.91 Å². The molecule has 6 nitrogen and oxygen atoms in total. The molecular formula is C20H26N4O2. The number of carbonyl (C=O) groups excluding carboxylic acids is 1. The van der Waals surface area contributed by atoms with Gasteiger partial charge in [0.2, 0.25) is 0 Å². The number of aromatic amines is 1. The van der Waals surface area contributed by atoms with Crippen LogP contribution in [0.5, 0.6) is 0 Å². The number of allylic oxidation sites excluding steroid dienone is 1. The fourth-order valence-corrected chi connectivity index (χ4v) is 3.82. The second-order valence-electron chi connectivity index (χ2n) is 7.63. The molecular weight excluding hydrogens is 328 g/mol. The van der Waals surface area contributed by atoms with Gasteiger partial charge in [-0.2, -0.15) is 0 Å². The van der Waals surface area contributed by atoms with E-state index in [-0.39, 0.29) is 11.9 Å². The topological polar surface area (TPSA) is 79.0 Å². The Labute approximate surface area is 153 Å². The first-order valence-corrected chi connectivity index (χ1v) is 9.48. The molecule has 1 aromatic heterocycles. The van der Waals surface area contributed by atoms with E-state index < -0.39 is 6.10 Å². The van der Waals surface area contributed by atoms with E-state index in [1.807, 2.05) is 24.3 Å². The minimum absolute atomic E-state index is 0.0663. The fourth-order valence-electron chi connectivity index (χ4n) is 3.82.